The van der Waals surface area contributed by atoms with Crippen molar-refractivity contribution in [2.75, 3.05) is 19.5 Å². The van der Waals surface area contributed by atoms with Crippen LogP contribution in [-0.2, 0) is 62.0 Å². The Bertz CT molecular complexity index is 956. The average molecular weight is 578 g/mol. The third kappa shape index (κ3) is 9.20. The maximum Gasteiger partial charge on any atom is 0.348 e. The number of carbonyl (C=O) groups excluding carboxylic acids is 7. The molecule has 220 valence electrons. The van der Waals surface area contributed by atoms with Crippen molar-refractivity contribution in [2.45, 2.75) is 90.3 Å². The molecule has 0 aromatic carbocycles. The topological polar surface area (TPSA) is 178 Å². The van der Waals surface area contributed by atoms with E-state index >= 15 is 0 Å². The van der Waals surface area contributed by atoms with Gasteiger partial charge in [0.25, 0.3) is 0 Å². The van der Waals surface area contributed by atoms with Gasteiger partial charge in [-0.05, 0) is 5.75 Å². The van der Waals surface area contributed by atoms with Crippen LogP contribution in [0, 0.1) is 0 Å². The fraction of sp³-hybridized carbons (Fsp3) is 0.708. The van der Waals surface area contributed by atoms with Crippen LogP contribution in [0.2, 0.25) is 0 Å². The third-order valence-corrected chi connectivity index (χ3v) is 6.63. The lowest BCUT2D eigenvalue weighted by molar-refractivity contribution is -0.233. The Hall–Kier alpha value is -3.20. The maximum atomic E-state index is 13.1. The van der Waals surface area contributed by atoms with E-state index in [1.54, 1.807) is 6.92 Å². The molecule has 0 saturated carbocycles. The lowest BCUT2D eigenvalue weighted by atomic mass is 9.88. The van der Waals surface area contributed by atoms with Gasteiger partial charge in [0.2, 0.25) is 16.7 Å². The zero-order valence-corrected chi connectivity index (χ0v) is 24.0. The van der Waals surface area contributed by atoms with Crippen molar-refractivity contribution in [1.29, 1.82) is 0 Å². The normalized spacial score (nSPS) is 23.8. The zero-order valence-electron chi connectivity index (χ0n) is 23.2. The number of carbonyl (C=O) groups is 7. The fourth-order valence-electron chi connectivity index (χ4n) is 4.30. The van der Waals surface area contributed by atoms with E-state index in [2.05, 4.69) is 0 Å². The minimum atomic E-state index is -1.87. The second kappa shape index (κ2) is 14.8. The van der Waals surface area contributed by atoms with Crippen LogP contribution in [0.5, 0.6) is 0 Å². The highest BCUT2D eigenvalue weighted by Crippen LogP contribution is 2.44. The van der Waals surface area contributed by atoms with Crippen molar-refractivity contribution in [2.24, 2.45) is 0 Å². The molecule has 0 radical (unpaired) electrons. The minimum absolute atomic E-state index is 0.293. The molecule has 1 rings (SSSR count). The van der Waals surface area contributed by atoms with Crippen LogP contribution >= 0.6 is 11.8 Å². The van der Waals surface area contributed by atoms with Crippen molar-refractivity contribution in [3.8, 4) is 0 Å². The van der Waals surface area contributed by atoms with Crippen molar-refractivity contribution >= 4 is 53.4 Å². The summed E-state index contributed by atoms with van der Waals surface area (Å²) in [6.07, 6.45) is -6.56. The van der Waals surface area contributed by atoms with E-state index in [0.29, 0.717) is 5.75 Å². The quantitative estimate of drug-likeness (QED) is 0.245. The van der Waals surface area contributed by atoms with Gasteiger partial charge in [-0.2, -0.15) is 0 Å². The van der Waals surface area contributed by atoms with Crippen LogP contribution in [0.3, 0.4) is 0 Å². The predicted molar refractivity (Wildman–Crippen MR) is 133 cm³/mol. The largest absolute Gasteiger partial charge is 0.466 e. The average Bonchev–Trinajstić information content (AvgIpc) is 2.80. The van der Waals surface area contributed by atoms with E-state index < -0.39 is 83.7 Å². The number of rotatable bonds is 11. The first-order chi connectivity index (χ1) is 18.1. The molecule has 6 atom stereocenters. The summed E-state index contributed by atoms with van der Waals surface area (Å²) in [6, 6.07) is -1.47. The summed E-state index contributed by atoms with van der Waals surface area (Å²) < 4.78 is 32.5. The minimum Gasteiger partial charge on any atom is -0.466 e. The number of imide groups is 1. The summed E-state index contributed by atoms with van der Waals surface area (Å²) in [6.45, 7) is 7.52. The molecular formula is C24H35NO13S. The van der Waals surface area contributed by atoms with Crippen molar-refractivity contribution in [3.63, 3.8) is 0 Å². The molecule has 1 heterocycles. The molecule has 0 spiro atoms. The standard InChI is InChI=1S/C24H35NO13S/c1-9-39-24(23(32)33-8)10-18(35-15(5)29)20(25(12(2)26)13(3)27)22(38-24)21(37-17(7)31)19(36-16(6)30)11-34-14(4)28/h18-22H,9-11H2,1-8H3/t18-,19+,20+,21+,22+,24-/m0/s1. The highest BCUT2D eigenvalue weighted by Gasteiger charge is 2.60. The number of methoxy groups -OCH3 is 1. The lowest BCUT2D eigenvalue weighted by Gasteiger charge is -2.50. The van der Waals surface area contributed by atoms with Crippen molar-refractivity contribution in [1.82, 2.24) is 4.90 Å². The van der Waals surface area contributed by atoms with Gasteiger partial charge in [0, 0.05) is 48.0 Å². The highest BCUT2D eigenvalue weighted by atomic mass is 32.2. The fourth-order valence-corrected chi connectivity index (χ4v) is 5.43. The summed E-state index contributed by atoms with van der Waals surface area (Å²) >= 11 is 0.968. The first kappa shape index (κ1) is 33.8. The Balaban J connectivity index is 4.01. The number of ether oxygens (including phenoxy) is 6. The van der Waals surface area contributed by atoms with Gasteiger partial charge in [-0.1, -0.05) is 6.92 Å². The van der Waals surface area contributed by atoms with Gasteiger partial charge < -0.3 is 28.4 Å². The summed E-state index contributed by atoms with van der Waals surface area (Å²) in [5.41, 5.74) is 0. The molecule has 0 aliphatic carbocycles. The predicted octanol–water partition coefficient (Wildman–Crippen LogP) is 0.520. The van der Waals surface area contributed by atoms with E-state index in [-0.39, 0.29) is 6.42 Å². The van der Waals surface area contributed by atoms with Crippen LogP contribution in [-0.4, -0.2) is 101 Å². The van der Waals surface area contributed by atoms with Gasteiger partial charge in [0.1, 0.15) is 24.9 Å². The van der Waals surface area contributed by atoms with E-state index in [1.807, 2.05) is 0 Å². The number of hydrogen-bond donors (Lipinski definition) is 0. The third-order valence-electron chi connectivity index (χ3n) is 5.44. The molecule has 0 N–H and O–H groups in total. The van der Waals surface area contributed by atoms with Gasteiger partial charge in [0.05, 0.1) is 7.11 Å². The summed E-state index contributed by atoms with van der Waals surface area (Å²) in [5, 5.41) is 0. The molecule has 0 aromatic heterocycles. The molecule has 1 aliphatic rings. The highest BCUT2D eigenvalue weighted by molar-refractivity contribution is 8.01. The number of nitrogens with zero attached hydrogens (tertiary/aromatic N) is 1. The smallest absolute Gasteiger partial charge is 0.348 e. The van der Waals surface area contributed by atoms with Crippen LogP contribution in [0.25, 0.3) is 0 Å². The second-order valence-electron chi connectivity index (χ2n) is 8.54. The second-order valence-corrected chi connectivity index (χ2v) is 10.1. The number of esters is 5. The Morgan fingerprint density at radius 2 is 1.46 bits per heavy atom. The Morgan fingerprint density at radius 1 is 0.897 bits per heavy atom. The molecule has 14 nitrogen and oxygen atoms in total. The first-order valence-corrected chi connectivity index (χ1v) is 12.9. The molecule has 1 saturated heterocycles. The van der Waals surface area contributed by atoms with Gasteiger partial charge in [-0.15, -0.1) is 11.8 Å². The van der Waals surface area contributed by atoms with E-state index in [9.17, 15) is 33.6 Å². The van der Waals surface area contributed by atoms with Crippen LogP contribution in [0.4, 0.5) is 0 Å². The van der Waals surface area contributed by atoms with E-state index in [1.165, 1.54) is 0 Å². The summed E-state index contributed by atoms with van der Waals surface area (Å²) in [4.78, 5) is 85.3. The Labute approximate surface area is 230 Å². The van der Waals surface area contributed by atoms with Gasteiger partial charge in [-0.25, -0.2) is 4.79 Å². The molecular weight excluding hydrogens is 542 g/mol. The van der Waals surface area contributed by atoms with E-state index in [0.717, 1.165) is 65.3 Å². The molecule has 2 amide bonds. The molecule has 15 heteroatoms. The van der Waals surface area contributed by atoms with Crippen LogP contribution in [0.15, 0.2) is 0 Å². The number of thioether (sulfide) groups is 1. The van der Waals surface area contributed by atoms with Gasteiger partial charge >= 0.3 is 29.8 Å². The first-order valence-electron chi connectivity index (χ1n) is 12.0. The SMILES string of the molecule is CCS[C@]1(C(=O)OC)C[C@H](OC(C)=O)[C@@H](N(C(C)=O)C(C)=O)[C@H]([C@H](OC(C)=O)[C@@H](COC(C)=O)OC(C)=O)O1. The lowest BCUT2D eigenvalue weighted by Crippen LogP contribution is -2.69. The van der Waals surface area contributed by atoms with Crippen molar-refractivity contribution < 1.29 is 62.0 Å². The Morgan fingerprint density at radius 3 is 1.87 bits per heavy atom. The monoisotopic (exact) mass is 577 g/mol. The molecule has 0 unspecified atom stereocenters. The molecule has 1 aliphatic heterocycles. The van der Waals surface area contributed by atoms with Crippen LogP contribution in [0.1, 0.15) is 54.9 Å². The molecule has 39 heavy (non-hydrogen) atoms. The summed E-state index contributed by atoms with van der Waals surface area (Å²) in [7, 11) is 1.11. The summed E-state index contributed by atoms with van der Waals surface area (Å²) in [5.74, 6) is -5.48. The number of amides is 2. The molecule has 0 bridgehead atoms. The number of hydrogen-bond acceptors (Lipinski definition) is 14. The van der Waals surface area contributed by atoms with E-state index in [4.69, 9.17) is 28.4 Å². The Kier molecular flexibility index (Phi) is 12.9. The molecule has 0 aromatic rings. The maximum absolute atomic E-state index is 13.1. The van der Waals surface area contributed by atoms with Crippen molar-refractivity contribution in [3.05, 3.63) is 0 Å². The van der Waals surface area contributed by atoms with Gasteiger partial charge in [-0.3, -0.25) is 33.7 Å². The molecule has 1 fully saturated rings. The van der Waals surface area contributed by atoms with Crippen LogP contribution < -0.4 is 0 Å². The zero-order chi connectivity index (χ0) is 30.1. The van der Waals surface area contributed by atoms with Gasteiger partial charge in [0.15, 0.2) is 12.2 Å².